The molecule has 0 aliphatic carbocycles. The summed E-state index contributed by atoms with van der Waals surface area (Å²) in [5, 5.41) is 8.16. The molecule has 1 fully saturated rings. The quantitative estimate of drug-likeness (QED) is 0.417. The van der Waals surface area contributed by atoms with Crippen LogP contribution in [0.25, 0.3) is 11.1 Å². The van der Waals surface area contributed by atoms with Crippen LogP contribution >= 0.6 is 7.37 Å². The minimum atomic E-state index is -3.94. The molecule has 1 aliphatic rings. The third kappa shape index (κ3) is 5.04. The van der Waals surface area contributed by atoms with Crippen LogP contribution in [0.2, 0.25) is 0 Å². The van der Waals surface area contributed by atoms with Crippen molar-refractivity contribution in [2.75, 3.05) is 25.8 Å². The van der Waals surface area contributed by atoms with Gasteiger partial charge in [-0.1, -0.05) is 24.6 Å². The lowest BCUT2D eigenvalue weighted by Gasteiger charge is -2.43. The van der Waals surface area contributed by atoms with Crippen LogP contribution in [0.5, 0.6) is 0 Å². The van der Waals surface area contributed by atoms with Crippen molar-refractivity contribution in [3.05, 3.63) is 59.7 Å². The molecule has 0 bridgehead atoms. The van der Waals surface area contributed by atoms with Gasteiger partial charge in [0.25, 0.3) is 0 Å². The Labute approximate surface area is 180 Å². The second-order valence-corrected chi connectivity index (χ2v) is 10.7. The van der Waals surface area contributed by atoms with Gasteiger partial charge in [-0.15, -0.1) is 0 Å². The first kappa shape index (κ1) is 23.5. The molecule has 0 saturated carbocycles. The van der Waals surface area contributed by atoms with Crippen molar-refractivity contribution in [1.29, 1.82) is 0 Å². The highest BCUT2D eigenvalue weighted by molar-refractivity contribution is 7.61. The van der Waals surface area contributed by atoms with Crippen molar-refractivity contribution >= 4 is 13.3 Å². The predicted octanol–water partition coefficient (Wildman–Crippen LogP) is 3.67. The van der Waals surface area contributed by atoms with Gasteiger partial charge in [0.15, 0.2) is 5.16 Å². The number of nitrogens with zero attached hydrogens (tertiary/aromatic N) is 1. The molecule has 168 valence electrons. The first-order chi connectivity index (χ1) is 14.7. The van der Waals surface area contributed by atoms with E-state index in [0.717, 1.165) is 0 Å². The Kier molecular flexibility index (Phi) is 7.27. The van der Waals surface area contributed by atoms with E-state index < -0.39 is 30.1 Å². The molecule has 0 aromatic heterocycles. The molecule has 4 N–H and O–H groups in total. The molecular formula is C22H27F2N2O4P. The molecule has 0 radical (unpaired) electrons. The summed E-state index contributed by atoms with van der Waals surface area (Å²) in [6.07, 6.45) is 0.922. The predicted molar refractivity (Wildman–Crippen MR) is 115 cm³/mol. The van der Waals surface area contributed by atoms with Crippen molar-refractivity contribution in [2.24, 2.45) is 5.73 Å². The number of halogens is 2. The summed E-state index contributed by atoms with van der Waals surface area (Å²) in [7, 11) is -3.94. The second-order valence-electron chi connectivity index (χ2n) is 8.03. The highest BCUT2D eigenvalue weighted by Crippen LogP contribution is 2.59. The zero-order valence-corrected chi connectivity index (χ0v) is 18.0. The van der Waals surface area contributed by atoms with E-state index in [1.54, 1.807) is 17.0 Å². The van der Waals surface area contributed by atoms with Crippen LogP contribution in [-0.4, -0.2) is 51.8 Å². The highest BCUT2D eigenvalue weighted by Gasteiger charge is 2.56. The minimum Gasteiger partial charge on any atom is -0.480 e. The molecule has 2 atom stereocenters. The Bertz CT molecular complexity index is 1000. The normalized spacial score (nSPS) is 24.3. The van der Waals surface area contributed by atoms with Crippen molar-refractivity contribution in [3.63, 3.8) is 0 Å². The lowest BCUT2D eigenvalue weighted by Crippen LogP contribution is -2.53. The van der Waals surface area contributed by atoms with E-state index in [9.17, 15) is 28.1 Å². The van der Waals surface area contributed by atoms with Crippen LogP contribution in [0.15, 0.2) is 42.5 Å². The Morgan fingerprint density at radius 1 is 1.16 bits per heavy atom. The van der Waals surface area contributed by atoms with E-state index in [-0.39, 0.29) is 32.2 Å². The Morgan fingerprint density at radius 2 is 1.90 bits per heavy atom. The van der Waals surface area contributed by atoms with Crippen molar-refractivity contribution < 1.29 is 28.1 Å². The van der Waals surface area contributed by atoms with E-state index in [0.29, 0.717) is 36.1 Å². The van der Waals surface area contributed by atoms with Crippen molar-refractivity contribution in [1.82, 2.24) is 4.90 Å². The number of nitrogens with two attached hydrogens (primary N) is 1. The van der Waals surface area contributed by atoms with Gasteiger partial charge in [0.1, 0.15) is 11.6 Å². The molecule has 2 aromatic rings. The summed E-state index contributed by atoms with van der Waals surface area (Å²) in [5.41, 5.74) is 7.20. The van der Waals surface area contributed by atoms with Gasteiger partial charge in [-0.05, 0) is 60.3 Å². The number of hydrogen-bond acceptors (Lipinski definition) is 4. The molecule has 1 heterocycles. The van der Waals surface area contributed by atoms with E-state index in [2.05, 4.69) is 0 Å². The SMILES string of the molecule is NCCCC[C@@]1(C(=O)O)CN(Cc2ccc(F)cc2-c2cccc(F)c2)CCP1(=O)O. The topological polar surface area (TPSA) is 104 Å². The fraction of sp³-hybridized carbons (Fsp3) is 0.409. The molecule has 2 aromatic carbocycles. The van der Waals surface area contributed by atoms with Gasteiger partial charge < -0.3 is 15.7 Å². The van der Waals surface area contributed by atoms with Crippen LogP contribution in [0.1, 0.15) is 24.8 Å². The number of rotatable bonds is 8. The van der Waals surface area contributed by atoms with Gasteiger partial charge in [-0.2, -0.15) is 0 Å². The summed E-state index contributed by atoms with van der Waals surface area (Å²) in [6.45, 7) is 0.764. The molecule has 9 heteroatoms. The molecule has 31 heavy (non-hydrogen) atoms. The highest BCUT2D eigenvalue weighted by atomic mass is 31.2. The van der Waals surface area contributed by atoms with Gasteiger partial charge in [0.05, 0.1) is 0 Å². The third-order valence-electron chi connectivity index (χ3n) is 5.92. The number of benzene rings is 2. The number of carbonyl (C=O) groups is 1. The summed E-state index contributed by atoms with van der Waals surface area (Å²) in [6, 6.07) is 10.0. The van der Waals surface area contributed by atoms with E-state index in [1.165, 1.54) is 30.3 Å². The van der Waals surface area contributed by atoms with Gasteiger partial charge in [-0.25, -0.2) is 8.78 Å². The van der Waals surface area contributed by atoms with Crippen LogP contribution in [0.3, 0.4) is 0 Å². The summed E-state index contributed by atoms with van der Waals surface area (Å²) < 4.78 is 40.6. The largest absolute Gasteiger partial charge is 0.480 e. The van der Waals surface area contributed by atoms with Gasteiger partial charge in [0.2, 0.25) is 7.37 Å². The Hall–Kier alpha value is -2.12. The second kappa shape index (κ2) is 9.57. The lowest BCUT2D eigenvalue weighted by atomic mass is 9.97. The zero-order valence-electron chi connectivity index (χ0n) is 17.1. The van der Waals surface area contributed by atoms with E-state index >= 15 is 0 Å². The average molecular weight is 452 g/mol. The monoisotopic (exact) mass is 452 g/mol. The summed E-state index contributed by atoms with van der Waals surface area (Å²) in [4.78, 5) is 24.5. The number of carboxylic acids is 1. The number of aliphatic carboxylic acids is 1. The van der Waals surface area contributed by atoms with Crippen LogP contribution in [0, 0.1) is 11.6 Å². The van der Waals surface area contributed by atoms with Crippen LogP contribution < -0.4 is 5.73 Å². The molecule has 1 saturated heterocycles. The maximum absolute atomic E-state index is 14.0. The maximum atomic E-state index is 14.0. The lowest BCUT2D eigenvalue weighted by molar-refractivity contribution is -0.141. The van der Waals surface area contributed by atoms with E-state index in [1.807, 2.05) is 0 Å². The Balaban J connectivity index is 1.91. The van der Waals surface area contributed by atoms with Crippen molar-refractivity contribution in [2.45, 2.75) is 31.0 Å². The number of hydrogen-bond donors (Lipinski definition) is 3. The number of unbranched alkanes of at least 4 members (excludes halogenated alkanes) is 1. The number of carboxylic acid groups (broad SMARTS) is 1. The van der Waals surface area contributed by atoms with Gasteiger partial charge in [-0.3, -0.25) is 14.3 Å². The van der Waals surface area contributed by atoms with Crippen molar-refractivity contribution in [3.8, 4) is 11.1 Å². The minimum absolute atomic E-state index is 0.0595. The summed E-state index contributed by atoms with van der Waals surface area (Å²) in [5.74, 6) is -2.20. The molecule has 6 nitrogen and oxygen atoms in total. The third-order valence-corrected chi connectivity index (χ3v) is 8.62. The molecule has 0 amide bonds. The molecule has 0 spiro atoms. The van der Waals surface area contributed by atoms with Gasteiger partial charge >= 0.3 is 5.97 Å². The van der Waals surface area contributed by atoms with E-state index in [4.69, 9.17) is 5.73 Å². The van der Waals surface area contributed by atoms with Crippen LogP contribution in [-0.2, 0) is 15.9 Å². The summed E-state index contributed by atoms with van der Waals surface area (Å²) >= 11 is 0. The molecule has 1 unspecified atom stereocenters. The fourth-order valence-electron chi connectivity index (χ4n) is 4.18. The molecule has 1 aliphatic heterocycles. The maximum Gasteiger partial charge on any atom is 0.320 e. The zero-order chi connectivity index (χ0) is 22.6. The first-order valence-corrected chi connectivity index (χ1v) is 12.0. The Morgan fingerprint density at radius 3 is 2.58 bits per heavy atom. The average Bonchev–Trinajstić information content (AvgIpc) is 2.71. The molecular weight excluding hydrogens is 425 g/mol. The molecule has 3 rings (SSSR count). The first-order valence-electron chi connectivity index (χ1n) is 10.2. The fourth-order valence-corrected chi connectivity index (χ4v) is 6.39. The van der Waals surface area contributed by atoms with Gasteiger partial charge in [0, 0.05) is 25.8 Å². The smallest absolute Gasteiger partial charge is 0.320 e. The standard InChI is InChI=1S/C22H27F2N2O4P/c23-18-5-3-4-16(12-18)20-13-19(24)7-6-17(20)14-26-10-11-31(29,30)22(15-26,21(27)28)8-1-2-9-25/h3-7,12-13H,1-2,8-11,14-15,25H2,(H,27,28)(H,29,30)/t22-/m0/s1. The van der Waals surface area contributed by atoms with Crippen LogP contribution in [0.4, 0.5) is 8.78 Å².